The van der Waals surface area contributed by atoms with Gasteiger partial charge < -0.3 is 20.9 Å². The third kappa shape index (κ3) is 35.8. The molecule has 0 saturated carbocycles. The van der Waals surface area contributed by atoms with E-state index in [2.05, 4.69) is 49.5 Å². The molecule has 0 aliphatic carbocycles. The molecule has 0 aliphatic heterocycles. The van der Waals surface area contributed by atoms with Gasteiger partial charge in [0.2, 0.25) is 5.91 Å². The number of aliphatic carboxylic acids is 1. The number of nitrogens with one attached hydrogen (secondary N) is 1. The van der Waals surface area contributed by atoms with E-state index in [1.807, 2.05) is 6.08 Å². The van der Waals surface area contributed by atoms with Gasteiger partial charge >= 0.3 is 11.9 Å². The number of carbonyl (C=O) groups excluding carboxylic acids is 2. The average molecular weight is 717 g/mol. The molecule has 1 amide bonds. The molecule has 0 radical (unpaired) electrons. The van der Waals surface area contributed by atoms with E-state index in [0.717, 1.165) is 57.8 Å². The minimum absolute atomic E-state index is 0.110. The summed E-state index contributed by atoms with van der Waals surface area (Å²) in [5.41, 5.74) is 5.48. The predicted octanol–water partition coefficient (Wildman–Crippen LogP) is 11.8. The first-order chi connectivity index (χ1) is 24.9. The lowest BCUT2D eigenvalue weighted by atomic mass is 10.0. The maximum atomic E-state index is 12.7. The number of carboxylic acid groups (broad SMARTS) is 1. The SMILES string of the molecule is CC/C=C\C/C=C\C/C=C\C(CCCCCCC(=O)NC(CCCN)C(=O)O)OC(=O)CCCCCCCCCCCCCCCCCCCC. The van der Waals surface area contributed by atoms with E-state index in [-0.39, 0.29) is 18.0 Å². The number of carboxylic acids is 1. The van der Waals surface area contributed by atoms with Crippen LogP contribution in [0.2, 0.25) is 0 Å². The molecule has 0 bridgehead atoms. The number of rotatable bonds is 38. The van der Waals surface area contributed by atoms with Crippen LogP contribution in [0.4, 0.5) is 0 Å². The van der Waals surface area contributed by atoms with Crippen LogP contribution in [0.25, 0.3) is 0 Å². The smallest absolute Gasteiger partial charge is 0.326 e. The first-order valence-electron chi connectivity index (χ1n) is 21.3. The Kier molecular flexibility index (Phi) is 37.0. The van der Waals surface area contributed by atoms with Gasteiger partial charge in [-0.25, -0.2) is 4.79 Å². The highest BCUT2D eigenvalue weighted by atomic mass is 16.5. The molecule has 0 aliphatic rings. The van der Waals surface area contributed by atoms with Crippen LogP contribution < -0.4 is 11.1 Å². The Morgan fingerprint density at radius 3 is 1.57 bits per heavy atom. The minimum Gasteiger partial charge on any atom is -0.480 e. The highest BCUT2D eigenvalue weighted by molar-refractivity contribution is 5.83. The van der Waals surface area contributed by atoms with E-state index in [9.17, 15) is 19.5 Å². The number of hydrogen-bond donors (Lipinski definition) is 3. The van der Waals surface area contributed by atoms with Gasteiger partial charge in [-0.05, 0) is 70.4 Å². The Labute approximate surface area is 314 Å². The van der Waals surface area contributed by atoms with Crippen molar-refractivity contribution in [3.8, 4) is 0 Å². The van der Waals surface area contributed by atoms with Crippen molar-refractivity contribution in [2.75, 3.05) is 6.54 Å². The van der Waals surface area contributed by atoms with Gasteiger partial charge in [-0.2, -0.15) is 0 Å². The van der Waals surface area contributed by atoms with Gasteiger partial charge in [0.25, 0.3) is 0 Å². The second-order valence-corrected chi connectivity index (χ2v) is 14.4. The summed E-state index contributed by atoms with van der Waals surface area (Å²) in [4.78, 5) is 36.3. The molecule has 0 saturated heterocycles. The Bertz CT molecular complexity index is 900. The van der Waals surface area contributed by atoms with E-state index >= 15 is 0 Å². The van der Waals surface area contributed by atoms with Gasteiger partial charge in [-0.1, -0.05) is 166 Å². The zero-order valence-corrected chi connectivity index (χ0v) is 33.2. The monoisotopic (exact) mass is 717 g/mol. The molecule has 0 aromatic carbocycles. The molecule has 7 heteroatoms. The average Bonchev–Trinajstić information content (AvgIpc) is 3.11. The summed E-state index contributed by atoms with van der Waals surface area (Å²) in [6.07, 6.45) is 45.0. The zero-order valence-electron chi connectivity index (χ0n) is 33.2. The molecule has 2 unspecified atom stereocenters. The van der Waals surface area contributed by atoms with Crippen molar-refractivity contribution in [3.05, 3.63) is 36.5 Å². The molecule has 4 N–H and O–H groups in total. The summed E-state index contributed by atoms with van der Waals surface area (Å²) in [7, 11) is 0. The normalized spacial score (nSPS) is 13.0. The van der Waals surface area contributed by atoms with Crippen LogP contribution in [0, 0.1) is 0 Å². The quantitative estimate of drug-likeness (QED) is 0.0332. The summed E-state index contributed by atoms with van der Waals surface area (Å²) in [6, 6.07) is -0.875. The maximum absolute atomic E-state index is 12.7. The van der Waals surface area contributed by atoms with E-state index in [0.29, 0.717) is 38.6 Å². The molecule has 0 aromatic rings. The third-order valence-corrected chi connectivity index (χ3v) is 9.45. The lowest BCUT2D eigenvalue weighted by Crippen LogP contribution is -2.40. The van der Waals surface area contributed by atoms with Crippen molar-refractivity contribution in [1.29, 1.82) is 0 Å². The summed E-state index contributed by atoms with van der Waals surface area (Å²) in [5, 5.41) is 11.9. The van der Waals surface area contributed by atoms with Crippen molar-refractivity contribution in [3.63, 3.8) is 0 Å². The van der Waals surface area contributed by atoms with Crippen LogP contribution in [0.5, 0.6) is 0 Å². The lowest BCUT2D eigenvalue weighted by Gasteiger charge is -2.15. The third-order valence-electron chi connectivity index (χ3n) is 9.45. The molecule has 51 heavy (non-hydrogen) atoms. The fraction of sp³-hybridized carbons (Fsp3) is 0.795. The largest absolute Gasteiger partial charge is 0.480 e. The number of nitrogens with two attached hydrogens (primary N) is 1. The van der Waals surface area contributed by atoms with E-state index in [4.69, 9.17) is 10.5 Å². The lowest BCUT2D eigenvalue weighted by molar-refractivity contribution is -0.147. The molecule has 0 fully saturated rings. The van der Waals surface area contributed by atoms with E-state index < -0.39 is 12.0 Å². The molecule has 0 aromatic heterocycles. The van der Waals surface area contributed by atoms with Crippen LogP contribution in [0.1, 0.15) is 206 Å². The Morgan fingerprint density at radius 2 is 1.06 bits per heavy atom. The van der Waals surface area contributed by atoms with Gasteiger partial charge in [-0.3, -0.25) is 9.59 Å². The first-order valence-corrected chi connectivity index (χ1v) is 21.3. The van der Waals surface area contributed by atoms with Crippen molar-refractivity contribution < 1.29 is 24.2 Å². The summed E-state index contributed by atoms with van der Waals surface area (Å²) in [6.45, 7) is 4.81. The number of allylic oxidation sites excluding steroid dienone is 5. The maximum Gasteiger partial charge on any atom is 0.326 e. The fourth-order valence-electron chi connectivity index (χ4n) is 6.27. The highest BCUT2D eigenvalue weighted by Gasteiger charge is 2.19. The molecule has 2 atom stereocenters. The predicted molar refractivity (Wildman–Crippen MR) is 216 cm³/mol. The Hall–Kier alpha value is -2.41. The number of carbonyl (C=O) groups is 3. The van der Waals surface area contributed by atoms with Crippen molar-refractivity contribution in [2.24, 2.45) is 5.73 Å². The van der Waals surface area contributed by atoms with Crippen molar-refractivity contribution >= 4 is 17.8 Å². The number of ether oxygens (including phenoxy) is 1. The van der Waals surface area contributed by atoms with E-state index in [1.54, 1.807) is 0 Å². The van der Waals surface area contributed by atoms with Crippen LogP contribution in [0.15, 0.2) is 36.5 Å². The molecular formula is C44H80N2O5. The molecule has 0 heterocycles. The van der Waals surface area contributed by atoms with Gasteiger partial charge in [-0.15, -0.1) is 0 Å². The van der Waals surface area contributed by atoms with Crippen LogP contribution in [-0.4, -0.2) is 41.6 Å². The summed E-state index contributed by atoms with van der Waals surface area (Å²) >= 11 is 0. The molecular weight excluding hydrogens is 636 g/mol. The molecule has 7 nitrogen and oxygen atoms in total. The topological polar surface area (TPSA) is 119 Å². The highest BCUT2D eigenvalue weighted by Crippen LogP contribution is 2.16. The Morgan fingerprint density at radius 1 is 0.588 bits per heavy atom. The fourth-order valence-corrected chi connectivity index (χ4v) is 6.27. The number of esters is 1. The van der Waals surface area contributed by atoms with Crippen molar-refractivity contribution in [1.82, 2.24) is 5.32 Å². The first kappa shape index (κ1) is 48.6. The van der Waals surface area contributed by atoms with Crippen LogP contribution in [0.3, 0.4) is 0 Å². The van der Waals surface area contributed by atoms with Gasteiger partial charge in [0.05, 0.1) is 0 Å². The van der Waals surface area contributed by atoms with Gasteiger partial charge in [0, 0.05) is 12.8 Å². The van der Waals surface area contributed by atoms with Crippen LogP contribution in [-0.2, 0) is 19.1 Å². The number of amides is 1. The summed E-state index contributed by atoms with van der Waals surface area (Å²) < 4.78 is 5.90. The molecule has 0 spiro atoms. The summed E-state index contributed by atoms with van der Waals surface area (Å²) in [5.74, 6) is -1.36. The number of hydrogen-bond acceptors (Lipinski definition) is 5. The zero-order chi connectivity index (χ0) is 37.5. The standard InChI is InChI=1S/C44H80N2O5/c1-3-5-7-9-11-13-14-15-16-17-18-19-20-21-22-24-26-32-38-43(48)51-40(34-29-25-23-12-10-8-6-4-2)35-30-27-28-31-37-42(47)46-41(44(49)50)36-33-39-45/h6,8,12,23,29,34,40-41H,3-5,7,9-11,13-22,24-28,30-33,35-39,45H2,1-2H3,(H,46,47)(H,49,50)/b8-6-,23-12-,34-29-. The van der Waals surface area contributed by atoms with Crippen molar-refractivity contribution in [2.45, 2.75) is 219 Å². The molecule has 296 valence electrons. The van der Waals surface area contributed by atoms with Gasteiger partial charge in [0.1, 0.15) is 12.1 Å². The second kappa shape index (κ2) is 38.8. The van der Waals surface area contributed by atoms with E-state index in [1.165, 1.54) is 103 Å². The van der Waals surface area contributed by atoms with Crippen LogP contribution >= 0.6 is 0 Å². The van der Waals surface area contributed by atoms with Gasteiger partial charge in [0.15, 0.2) is 0 Å². The number of unbranched alkanes of at least 4 members (excludes halogenated alkanes) is 20. The second-order valence-electron chi connectivity index (χ2n) is 14.4. The molecule has 0 rings (SSSR count). The minimum atomic E-state index is -1.02. The Balaban J connectivity index is 4.22.